The van der Waals surface area contributed by atoms with Gasteiger partial charge in [0, 0.05) is 12.6 Å². The predicted molar refractivity (Wildman–Crippen MR) is 82.0 cm³/mol. The van der Waals surface area contributed by atoms with Gasteiger partial charge in [0.1, 0.15) is 0 Å². The average molecular weight is 307 g/mol. The summed E-state index contributed by atoms with van der Waals surface area (Å²) in [5.74, 6) is -0.238. The van der Waals surface area contributed by atoms with Crippen molar-refractivity contribution in [2.75, 3.05) is 26.2 Å². The lowest BCUT2D eigenvalue weighted by molar-refractivity contribution is -0.122. The Morgan fingerprint density at radius 1 is 1.35 bits per heavy atom. The molecule has 1 fully saturated rings. The molecule has 1 aliphatic heterocycles. The molecular weight excluding hydrogens is 280 g/mol. The second-order valence-corrected chi connectivity index (χ2v) is 5.00. The van der Waals surface area contributed by atoms with Crippen LogP contribution in [-0.4, -0.2) is 49.1 Å². The smallest absolute Gasteiger partial charge is 0.321 e. The van der Waals surface area contributed by atoms with E-state index >= 15 is 0 Å². The van der Waals surface area contributed by atoms with Crippen molar-refractivity contribution in [3.05, 3.63) is 0 Å². The van der Waals surface area contributed by atoms with Crippen molar-refractivity contribution in [2.45, 2.75) is 45.1 Å². The van der Waals surface area contributed by atoms with E-state index in [1.807, 2.05) is 6.92 Å². The van der Waals surface area contributed by atoms with Crippen LogP contribution in [0.25, 0.3) is 0 Å². The first kappa shape index (κ1) is 19.1. The van der Waals surface area contributed by atoms with Crippen LogP contribution >= 0.6 is 12.4 Å². The van der Waals surface area contributed by atoms with Gasteiger partial charge in [-0.05, 0) is 38.8 Å². The highest BCUT2D eigenvalue weighted by atomic mass is 35.5. The lowest BCUT2D eigenvalue weighted by Crippen LogP contribution is -2.49. The molecule has 1 heterocycles. The minimum absolute atomic E-state index is 0. The zero-order chi connectivity index (χ0) is 14.1. The number of hydrogen-bond acceptors (Lipinski definition) is 4. The van der Waals surface area contributed by atoms with E-state index in [2.05, 4.69) is 15.5 Å². The summed E-state index contributed by atoms with van der Waals surface area (Å²) in [6, 6.07) is -0.0255. The number of amides is 3. The highest BCUT2D eigenvalue weighted by molar-refractivity contribution is 5.95. The number of nitrogens with one attached hydrogen (secondary N) is 2. The van der Waals surface area contributed by atoms with Crippen molar-refractivity contribution in [3.63, 3.8) is 0 Å². The van der Waals surface area contributed by atoms with Gasteiger partial charge in [-0.1, -0.05) is 13.3 Å². The molecule has 118 valence electrons. The Morgan fingerprint density at radius 3 is 2.75 bits per heavy atom. The van der Waals surface area contributed by atoms with Crippen molar-refractivity contribution < 1.29 is 9.59 Å². The minimum Gasteiger partial charge on any atom is -0.338 e. The maximum absolute atomic E-state index is 11.8. The third-order valence-electron chi connectivity index (χ3n) is 3.38. The number of rotatable bonds is 6. The lowest BCUT2D eigenvalue weighted by atomic mass is 9.99. The number of imide groups is 1. The lowest BCUT2D eigenvalue weighted by Gasteiger charge is -2.34. The third-order valence-corrected chi connectivity index (χ3v) is 3.38. The summed E-state index contributed by atoms with van der Waals surface area (Å²) in [5.41, 5.74) is 5.60. The Morgan fingerprint density at radius 2 is 2.10 bits per heavy atom. The van der Waals surface area contributed by atoms with Gasteiger partial charge in [0.05, 0.1) is 6.54 Å². The predicted octanol–water partition coefficient (Wildman–Crippen LogP) is 0.847. The van der Waals surface area contributed by atoms with Crippen LogP contribution in [0.2, 0.25) is 0 Å². The quantitative estimate of drug-likeness (QED) is 0.679. The van der Waals surface area contributed by atoms with Crippen LogP contribution in [0.1, 0.15) is 39.0 Å². The van der Waals surface area contributed by atoms with E-state index < -0.39 is 6.03 Å². The molecule has 0 saturated carbocycles. The van der Waals surface area contributed by atoms with Gasteiger partial charge in [0.15, 0.2) is 0 Å². The van der Waals surface area contributed by atoms with Gasteiger partial charge >= 0.3 is 6.03 Å². The summed E-state index contributed by atoms with van der Waals surface area (Å²) in [6.45, 7) is 4.38. The zero-order valence-corrected chi connectivity index (χ0v) is 13.0. The number of piperidine rings is 1. The van der Waals surface area contributed by atoms with Crippen molar-refractivity contribution in [3.8, 4) is 0 Å². The Labute approximate surface area is 127 Å². The number of likely N-dealkylation sites (tertiary alicyclic amines) is 1. The normalized spacial score (nSPS) is 19.0. The molecule has 1 atom stereocenters. The largest absolute Gasteiger partial charge is 0.338 e. The molecule has 20 heavy (non-hydrogen) atoms. The van der Waals surface area contributed by atoms with E-state index in [0.29, 0.717) is 19.1 Å². The van der Waals surface area contributed by atoms with Crippen LogP contribution in [0.3, 0.4) is 0 Å². The number of halogens is 1. The molecular formula is C13H27ClN4O2. The SMILES string of the molecule is CCCNC(=O)NC(=O)CN1CCCCC1CCN.Cl. The van der Waals surface area contributed by atoms with Gasteiger partial charge in [0.25, 0.3) is 0 Å². The molecule has 1 rings (SSSR count). The van der Waals surface area contributed by atoms with Gasteiger partial charge in [-0.15, -0.1) is 12.4 Å². The standard InChI is InChI=1S/C13H26N4O2.ClH/c1-2-8-15-13(19)16-12(18)10-17-9-4-3-5-11(17)6-7-14;/h11H,2-10,14H2,1H3,(H2,15,16,18,19);1H. The summed E-state index contributed by atoms with van der Waals surface area (Å²) in [4.78, 5) is 25.3. The van der Waals surface area contributed by atoms with Crippen LogP contribution in [0.4, 0.5) is 4.79 Å². The highest BCUT2D eigenvalue weighted by Gasteiger charge is 2.23. The fraction of sp³-hybridized carbons (Fsp3) is 0.846. The maximum atomic E-state index is 11.8. The second-order valence-electron chi connectivity index (χ2n) is 5.00. The molecule has 0 spiro atoms. The second kappa shape index (κ2) is 10.9. The fourth-order valence-electron chi connectivity index (χ4n) is 2.42. The Bertz CT molecular complexity index is 300. The molecule has 3 amide bonds. The summed E-state index contributed by atoms with van der Waals surface area (Å²) in [6.07, 6.45) is 5.16. The molecule has 6 nitrogen and oxygen atoms in total. The Hall–Kier alpha value is -0.850. The van der Waals surface area contributed by atoms with Crippen LogP contribution in [0.5, 0.6) is 0 Å². The summed E-state index contributed by atoms with van der Waals surface area (Å²) in [7, 11) is 0. The van der Waals surface area contributed by atoms with Crippen LogP contribution in [-0.2, 0) is 4.79 Å². The van der Waals surface area contributed by atoms with Crippen molar-refractivity contribution >= 4 is 24.3 Å². The fourth-order valence-corrected chi connectivity index (χ4v) is 2.42. The molecule has 0 aromatic carbocycles. The molecule has 0 aromatic heterocycles. The first-order valence-electron chi connectivity index (χ1n) is 7.19. The average Bonchev–Trinajstić information content (AvgIpc) is 2.39. The number of nitrogens with zero attached hydrogens (tertiary/aromatic N) is 1. The van der Waals surface area contributed by atoms with Crippen LogP contribution < -0.4 is 16.4 Å². The Balaban J connectivity index is 0.00000361. The molecule has 0 aliphatic carbocycles. The van der Waals surface area contributed by atoms with Crippen molar-refractivity contribution in [1.29, 1.82) is 0 Å². The van der Waals surface area contributed by atoms with E-state index in [0.717, 1.165) is 32.2 Å². The van der Waals surface area contributed by atoms with E-state index in [4.69, 9.17) is 5.73 Å². The number of urea groups is 1. The number of hydrogen-bond donors (Lipinski definition) is 3. The molecule has 1 unspecified atom stereocenters. The van der Waals surface area contributed by atoms with E-state index in [1.165, 1.54) is 6.42 Å². The van der Waals surface area contributed by atoms with Crippen LogP contribution in [0, 0.1) is 0 Å². The summed E-state index contributed by atoms with van der Waals surface area (Å²) in [5, 5.41) is 4.99. The van der Waals surface area contributed by atoms with Crippen LogP contribution in [0.15, 0.2) is 0 Å². The van der Waals surface area contributed by atoms with Gasteiger partial charge in [-0.25, -0.2) is 4.79 Å². The van der Waals surface area contributed by atoms with E-state index in [-0.39, 0.29) is 24.9 Å². The third kappa shape index (κ3) is 7.07. The van der Waals surface area contributed by atoms with Crippen molar-refractivity contribution in [2.24, 2.45) is 5.73 Å². The molecule has 7 heteroatoms. The minimum atomic E-state index is -0.403. The van der Waals surface area contributed by atoms with Gasteiger partial charge < -0.3 is 11.1 Å². The summed E-state index contributed by atoms with van der Waals surface area (Å²) < 4.78 is 0. The number of nitrogens with two attached hydrogens (primary N) is 1. The molecule has 4 N–H and O–H groups in total. The van der Waals surface area contributed by atoms with Gasteiger partial charge in [-0.2, -0.15) is 0 Å². The molecule has 1 aliphatic rings. The number of carbonyl (C=O) groups excluding carboxylic acids is 2. The van der Waals surface area contributed by atoms with E-state index in [1.54, 1.807) is 0 Å². The van der Waals surface area contributed by atoms with Gasteiger partial charge in [0.2, 0.25) is 5.91 Å². The first-order valence-corrected chi connectivity index (χ1v) is 7.19. The highest BCUT2D eigenvalue weighted by Crippen LogP contribution is 2.18. The number of carbonyl (C=O) groups is 2. The topological polar surface area (TPSA) is 87.5 Å². The van der Waals surface area contributed by atoms with Crippen molar-refractivity contribution in [1.82, 2.24) is 15.5 Å². The Kier molecular flexibility index (Phi) is 10.4. The van der Waals surface area contributed by atoms with Gasteiger partial charge in [-0.3, -0.25) is 15.0 Å². The monoisotopic (exact) mass is 306 g/mol. The molecule has 1 saturated heterocycles. The maximum Gasteiger partial charge on any atom is 0.321 e. The molecule has 0 aromatic rings. The zero-order valence-electron chi connectivity index (χ0n) is 12.2. The first-order chi connectivity index (χ1) is 9.17. The van der Waals surface area contributed by atoms with E-state index in [9.17, 15) is 9.59 Å². The molecule has 0 radical (unpaired) electrons. The summed E-state index contributed by atoms with van der Waals surface area (Å²) >= 11 is 0. The molecule has 0 bridgehead atoms.